The number of aliphatic hydroxyl groups excluding tert-OH is 1. The van der Waals surface area contributed by atoms with Crippen LogP contribution in [0.3, 0.4) is 0 Å². The summed E-state index contributed by atoms with van der Waals surface area (Å²) in [5, 5.41) is 14.3. The number of aliphatic hydroxyl groups is 1. The molecule has 0 spiro atoms. The van der Waals surface area contributed by atoms with Gasteiger partial charge in [0.1, 0.15) is 0 Å². The van der Waals surface area contributed by atoms with Gasteiger partial charge >= 0.3 is 0 Å². The SMILES string of the molecule is Cc1cccc(NC(C)(CO)c2ccc(Cl)cc2Cl)c1. The monoisotopic (exact) mass is 309 g/mol. The Kier molecular flexibility index (Phi) is 4.59. The summed E-state index contributed by atoms with van der Waals surface area (Å²) in [5.41, 5.74) is 2.23. The van der Waals surface area contributed by atoms with Crippen LogP contribution in [0.25, 0.3) is 0 Å². The molecule has 20 heavy (non-hydrogen) atoms. The summed E-state index contributed by atoms with van der Waals surface area (Å²) < 4.78 is 0. The van der Waals surface area contributed by atoms with E-state index in [1.165, 1.54) is 0 Å². The number of benzene rings is 2. The summed E-state index contributed by atoms with van der Waals surface area (Å²) in [5.74, 6) is 0. The molecule has 2 nitrogen and oxygen atoms in total. The van der Waals surface area contributed by atoms with Crippen LogP contribution in [-0.4, -0.2) is 11.7 Å². The molecule has 0 bridgehead atoms. The molecule has 2 aromatic carbocycles. The van der Waals surface area contributed by atoms with Crippen molar-refractivity contribution in [2.24, 2.45) is 0 Å². The number of hydrogen-bond acceptors (Lipinski definition) is 2. The second kappa shape index (κ2) is 6.04. The number of anilines is 1. The molecule has 0 radical (unpaired) electrons. The fraction of sp³-hybridized carbons (Fsp3) is 0.250. The molecule has 0 aliphatic carbocycles. The molecule has 1 atom stereocenters. The average molecular weight is 310 g/mol. The van der Waals surface area contributed by atoms with Crippen LogP contribution in [0.2, 0.25) is 10.0 Å². The van der Waals surface area contributed by atoms with E-state index in [0.29, 0.717) is 10.0 Å². The van der Waals surface area contributed by atoms with Crippen LogP contribution in [0.4, 0.5) is 5.69 Å². The van der Waals surface area contributed by atoms with Crippen molar-refractivity contribution in [3.63, 3.8) is 0 Å². The third-order valence-corrected chi connectivity index (χ3v) is 3.83. The number of nitrogens with one attached hydrogen (secondary N) is 1. The standard InChI is InChI=1S/C16H17Cl2NO/c1-11-4-3-5-13(8-11)19-16(2,10-20)14-7-6-12(17)9-15(14)18/h3-9,19-20H,10H2,1-2H3. The molecule has 106 valence electrons. The Bertz CT molecular complexity index is 615. The highest BCUT2D eigenvalue weighted by Crippen LogP contribution is 2.33. The molecule has 0 aliphatic heterocycles. The molecule has 4 heteroatoms. The van der Waals surface area contributed by atoms with Gasteiger partial charge in [-0.05, 0) is 49.2 Å². The molecule has 0 heterocycles. The Morgan fingerprint density at radius 1 is 1.15 bits per heavy atom. The maximum absolute atomic E-state index is 9.81. The highest BCUT2D eigenvalue weighted by atomic mass is 35.5. The molecular formula is C16H17Cl2NO. The summed E-state index contributed by atoms with van der Waals surface area (Å²) in [7, 11) is 0. The van der Waals surface area contributed by atoms with Crippen LogP contribution in [0.1, 0.15) is 18.1 Å². The van der Waals surface area contributed by atoms with Gasteiger partial charge in [-0.3, -0.25) is 0 Å². The van der Waals surface area contributed by atoms with Crippen molar-refractivity contribution in [2.75, 3.05) is 11.9 Å². The zero-order valence-corrected chi connectivity index (χ0v) is 13.0. The molecule has 1 unspecified atom stereocenters. The minimum Gasteiger partial charge on any atom is -0.394 e. The minimum atomic E-state index is -0.671. The number of hydrogen-bond donors (Lipinski definition) is 2. The topological polar surface area (TPSA) is 32.3 Å². The van der Waals surface area contributed by atoms with Gasteiger partial charge in [-0.2, -0.15) is 0 Å². The Morgan fingerprint density at radius 2 is 1.90 bits per heavy atom. The fourth-order valence-electron chi connectivity index (χ4n) is 2.17. The summed E-state index contributed by atoms with van der Waals surface area (Å²) in [6, 6.07) is 13.3. The van der Waals surface area contributed by atoms with Crippen molar-refractivity contribution in [3.05, 3.63) is 63.6 Å². The van der Waals surface area contributed by atoms with Gasteiger partial charge in [0.25, 0.3) is 0 Å². The van der Waals surface area contributed by atoms with E-state index in [1.807, 2.05) is 44.2 Å². The van der Waals surface area contributed by atoms with Gasteiger partial charge < -0.3 is 10.4 Å². The molecule has 0 amide bonds. The summed E-state index contributed by atoms with van der Waals surface area (Å²) in [6.45, 7) is 3.85. The Hall–Kier alpha value is -1.22. The normalized spacial score (nSPS) is 13.8. The molecule has 0 aromatic heterocycles. The lowest BCUT2D eigenvalue weighted by Crippen LogP contribution is -2.36. The van der Waals surface area contributed by atoms with E-state index in [4.69, 9.17) is 23.2 Å². The van der Waals surface area contributed by atoms with Crippen molar-refractivity contribution < 1.29 is 5.11 Å². The Morgan fingerprint density at radius 3 is 2.50 bits per heavy atom. The maximum Gasteiger partial charge on any atom is 0.0842 e. The first-order valence-electron chi connectivity index (χ1n) is 6.36. The molecule has 0 fully saturated rings. The summed E-state index contributed by atoms with van der Waals surface area (Å²) in [4.78, 5) is 0. The largest absolute Gasteiger partial charge is 0.394 e. The van der Waals surface area contributed by atoms with Crippen molar-refractivity contribution >= 4 is 28.9 Å². The second-order valence-corrected chi connectivity index (χ2v) is 5.95. The lowest BCUT2D eigenvalue weighted by atomic mass is 9.92. The van der Waals surface area contributed by atoms with Gasteiger partial charge in [-0.25, -0.2) is 0 Å². The highest BCUT2D eigenvalue weighted by molar-refractivity contribution is 6.35. The van der Waals surface area contributed by atoms with Crippen LogP contribution in [0.5, 0.6) is 0 Å². The van der Waals surface area contributed by atoms with Crippen LogP contribution in [-0.2, 0) is 5.54 Å². The fourth-order valence-corrected chi connectivity index (χ4v) is 2.79. The van der Waals surface area contributed by atoms with Crippen molar-refractivity contribution in [2.45, 2.75) is 19.4 Å². The van der Waals surface area contributed by atoms with E-state index in [9.17, 15) is 5.11 Å². The third-order valence-electron chi connectivity index (χ3n) is 3.28. The highest BCUT2D eigenvalue weighted by Gasteiger charge is 2.28. The quantitative estimate of drug-likeness (QED) is 0.863. The lowest BCUT2D eigenvalue weighted by molar-refractivity contribution is 0.224. The zero-order chi connectivity index (χ0) is 14.8. The van der Waals surface area contributed by atoms with Crippen molar-refractivity contribution in [1.29, 1.82) is 0 Å². The van der Waals surface area contributed by atoms with Crippen molar-refractivity contribution in [1.82, 2.24) is 0 Å². The Labute approximate surface area is 129 Å². The molecule has 0 saturated carbocycles. The van der Waals surface area contributed by atoms with Crippen LogP contribution >= 0.6 is 23.2 Å². The van der Waals surface area contributed by atoms with Gasteiger partial charge in [0.05, 0.1) is 12.1 Å². The average Bonchev–Trinajstić information content (AvgIpc) is 2.38. The molecule has 2 rings (SSSR count). The maximum atomic E-state index is 9.81. The smallest absolute Gasteiger partial charge is 0.0842 e. The summed E-state index contributed by atoms with van der Waals surface area (Å²) >= 11 is 12.2. The van der Waals surface area contributed by atoms with Gasteiger partial charge in [0, 0.05) is 15.7 Å². The zero-order valence-electron chi connectivity index (χ0n) is 11.5. The van der Waals surface area contributed by atoms with E-state index in [-0.39, 0.29) is 6.61 Å². The van der Waals surface area contributed by atoms with E-state index in [0.717, 1.165) is 16.8 Å². The molecular weight excluding hydrogens is 293 g/mol. The van der Waals surface area contributed by atoms with Gasteiger partial charge in [0.15, 0.2) is 0 Å². The Balaban J connectivity index is 2.38. The van der Waals surface area contributed by atoms with E-state index < -0.39 is 5.54 Å². The van der Waals surface area contributed by atoms with Gasteiger partial charge in [-0.15, -0.1) is 0 Å². The number of halogens is 2. The van der Waals surface area contributed by atoms with Gasteiger partial charge in [0.2, 0.25) is 0 Å². The molecule has 0 aliphatic rings. The number of aryl methyl sites for hydroxylation is 1. The predicted molar refractivity (Wildman–Crippen MR) is 85.7 cm³/mol. The van der Waals surface area contributed by atoms with Crippen LogP contribution < -0.4 is 5.32 Å². The molecule has 2 aromatic rings. The first-order chi connectivity index (χ1) is 9.44. The lowest BCUT2D eigenvalue weighted by Gasteiger charge is -2.31. The van der Waals surface area contributed by atoms with Crippen molar-refractivity contribution in [3.8, 4) is 0 Å². The second-order valence-electron chi connectivity index (χ2n) is 5.11. The third kappa shape index (κ3) is 3.26. The minimum absolute atomic E-state index is 0.0811. The van der Waals surface area contributed by atoms with E-state index >= 15 is 0 Å². The van der Waals surface area contributed by atoms with Gasteiger partial charge in [-0.1, -0.05) is 41.4 Å². The molecule has 0 saturated heterocycles. The molecule has 2 N–H and O–H groups in total. The summed E-state index contributed by atoms with van der Waals surface area (Å²) in [6.07, 6.45) is 0. The predicted octanol–water partition coefficient (Wildman–Crippen LogP) is 4.62. The van der Waals surface area contributed by atoms with Crippen LogP contribution in [0, 0.1) is 6.92 Å². The first-order valence-corrected chi connectivity index (χ1v) is 7.11. The van der Waals surface area contributed by atoms with Crippen LogP contribution in [0.15, 0.2) is 42.5 Å². The first kappa shape index (κ1) is 15.2. The van der Waals surface area contributed by atoms with E-state index in [2.05, 4.69) is 5.32 Å². The number of rotatable bonds is 4. The van der Waals surface area contributed by atoms with E-state index in [1.54, 1.807) is 12.1 Å².